The molecule has 0 spiro atoms. The van der Waals surface area contributed by atoms with Crippen LogP contribution in [0.1, 0.15) is 43.9 Å². The van der Waals surface area contributed by atoms with E-state index in [0.29, 0.717) is 0 Å². The molecule has 18 heavy (non-hydrogen) atoms. The standard InChI is InChI=1S/C15H24FNO/c1-6-15(7-2,18-5)14(17-4)13-9-8-12(16)10-11(13)3/h8-10,14,17H,6-7H2,1-5H3. The maximum absolute atomic E-state index is 13.2. The fourth-order valence-electron chi connectivity index (χ4n) is 2.73. The van der Waals surface area contributed by atoms with E-state index in [1.807, 2.05) is 20.0 Å². The van der Waals surface area contributed by atoms with E-state index >= 15 is 0 Å². The van der Waals surface area contributed by atoms with Crippen molar-refractivity contribution in [1.29, 1.82) is 0 Å². The van der Waals surface area contributed by atoms with Crippen molar-refractivity contribution in [2.75, 3.05) is 14.2 Å². The van der Waals surface area contributed by atoms with Crippen LogP contribution in [0.15, 0.2) is 18.2 Å². The molecule has 1 aromatic rings. The molecule has 1 aromatic carbocycles. The first-order chi connectivity index (χ1) is 8.54. The van der Waals surface area contributed by atoms with E-state index in [4.69, 9.17) is 4.74 Å². The number of nitrogens with one attached hydrogen (secondary N) is 1. The molecule has 1 rings (SSSR count). The average molecular weight is 253 g/mol. The number of hydrogen-bond donors (Lipinski definition) is 1. The Kier molecular flexibility index (Phi) is 5.29. The summed E-state index contributed by atoms with van der Waals surface area (Å²) in [4.78, 5) is 0. The van der Waals surface area contributed by atoms with E-state index in [1.54, 1.807) is 13.2 Å². The van der Waals surface area contributed by atoms with Gasteiger partial charge in [0.25, 0.3) is 0 Å². The van der Waals surface area contributed by atoms with Gasteiger partial charge in [0.2, 0.25) is 0 Å². The third-order valence-corrected chi connectivity index (χ3v) is 3.96. The Bertz CT molecular complexity index is 380. The summed E-state index contributed by atoms with van der Waals surface area (Å²) in [7, 11) is 3.67. The molecule has 0 heterocycles. The highest BCUT2D eigenvalue weighted by Crippen LogP contribution is 2.36. The van der Waals surface area contributed by atoms with Crippen LogP contribution in [0.2, 0.25) is 0 Å². The largest absolute Gasteiger partial charge is 0.376 e. The predicted octanol–water partition coefficient (Wildman–Crippen LogP) is 3.60. The molecule has 1 atom stereocenters. The number of benzene rings is 1. The van der Waals surface area contributed by atoms with Crippen LogP contribution in [0, 0.1) is 12.7 Å². The van der Waals surface area contributed by atoms with Crippen molar-refractivity contribution in [3.63, 3.8) is 0 Å². The van der Waals surface area contributed by atoms with Gasteiger partial charge in [-0.15, -0.1) is 0 Å². The maximum atomic E-state index is 13.2. The normalized spacial score (nSPS) is 13.7. The lowest BCUT2D eigenvalue weighted by molar-refractivity contribution is -0.0469. The monoisotopic (exact) mass is 253 g/mol. The SMILES string of the molecule is CCC(CC)(OC)C(NC)c1ccc(F)cc1C. The number of halogens is 1. The maximum Gasteiger partial charge on any atom is 0.123 e. The summed E-state index contributed by atoms with van der Waals surface area (Å²) in [5.41, 5.74) is 1.80. The van der Waals surface area contributed by atoms with E-state index < -0.39 is 0 Å². The summed E-state index contributed by atoms with van der Waals surface area (Å²) >= 11 is 0. The van der Waals surface area contributed by atoms with Gasteiger partial charge >= 0.3 is 0 Å². The number of hydrogen-bond acceptors (Lipinski definition) is 2. The third kappa shape index (κ3) is 2.73. The van der Waals surface area contributed by atoms with Gasteiger partial charge in [0.1, 0.15) is 5.82 Å². The van der Waals surface area contributed by atoms with Gasteiger partial charge in [0.15, 0.2) is 0 Å². The zero-order valence-corrected chi connectivity index (χ0v) is 12.0. The third-order valence-electron chi connectivity index (χ3n) is 3.96. The Morgan fingerprint density at radius 2 is 1.94 bits per heavy atom. The molecule has 0 saturated heterocycles. The van der Waals surface area contributed by atoms with Gasteiger partial charge in [-0.3, -0.25) is 0 Å². The summed E-state index contributed by atoms with van der Waals surface area (Å²) in [5.74, 6) is -0.192. The predicted molar refractivity (Wildman–Crippen MR) is 73.3 cm³/mol. The number of aryl methyl sites for hydroxylation is 1. The Hall–Kier alpha value is -0.930. The van der Waals surface area contributed by atoms with Crippen LogP contribution in [-0.4, -0.2) is 19.8 Å². The topological polar surface area (TPSA) is 21.3 Å². The Balaban J connectivity index is 3.23. The van der Waals surface area contributed by atoms with Crippen LogP contribution in [0.25, 0.3) is 0 Å². The average Bonchev–Trinajstić information content (AvgIpc) is 2.38. The van der Waals surface area contributed by atoms with Crippen molar-refractivity contribution in [2.24, 2.45) is 0 Å². The molecule has 3 heteroatoms. The van der Waals surface area contributed by atoms with Gasteiger partial charge < -0.3 is 10.1 Å². The van der Waals surface area contributed by atoms with Crippen molar-refractivity contribution in [2.45, 2.75) is 45.3 Å². The second kappa shape index (κ2) is 6.30. The lowest BCUT2D eigenvalue weighted by atomic mass is 9.82. The molecular weight excluding hydrogens is 229 g/mol. The van der Waals surface area contributed by atoms with Crippen LogP contribution in [-0.2, 0) is 4.74 Å². The quantitative estimate of drug-likeness (QED) is 0.836. The fourth-order valence-corrected chi connectivity index (χ4v) is 2.73. The van der Waals surface area contributed by atoms with Gasteiger partial charge in [-0.25, -0.2) is 4.39 Å². The molecule has 0 saturated carbocycles. The van der Waals surface area contributed by atoms with Crippen LogP contribution in [0.3, 0.4) is 0 Å². The Labute approximate surface area is 110 Å². The molecule has 0 aromatic heterocycles. The number of ether oxygens (including phenoxy) is 1. The minimum Gasteiger partial charge on any atom is -0.376 e. The molecule has 0 bridgehead atoms. The molecule has 0 aliphatic heterocycles. The smallest absolute Gasteiger partial charge is 0.123 e. The van der Waals surface area contributed by atoms with Gasteiger partial charge in [-0.2, -0.15) is 0 Å². The van der Waals surface area contributed by atoms with Gasteiger partial charge in [0.05, 0.1) is 11.6 Å². The second-order valence-electron chi connectivity index (χ2n) is 4.70. The van der Waals surface area contributed by atoms with Crippen molar-refractivity contribution in [3.8, 4) is 0 Å². The minimum atomic E-state index is -0.253. The van der Waals surface area contributed by atoms with E-state index in [2.05, 4.69) is 19.2 Å². The summed E-state index contributed by atoms with van der Waals surface area (Å²) in [6, 6.07) is 5.01. The first kappa shape index (κ1) is 15.1. The summed E-state index contributed by atoms with van der Waals surface area (Å²) in [5, 5.41) is 3.32. The number of rotatable bonds is 6. The lowest BCUT2D eigenvalue weighted by Gasteiger charge is -2.39. The van der Waals surface area contributed by atoms with Crippen molar-refractivity contribution in [3.05, 3.63) is 35.1 Å². The molecule has 1 N–H and O–H groups in total. The summed E-state index contributed by atoms with van der Waals surface area (Å²) in [6.45, 7) is 6.18. The zero-order chi connectivity index (χ0) is 13.8. The van der Waals surface area contributed by atoms with E-state index in [0.717, 1.165) is 24.0 Å². The first-order valence-electron chi connectivity index (χ1n) is 6.53. The van der Waals surface area contributed by atoms with Crippen LogP contribution in [0.5, 0.6) is 0 Å². The van der Waals surface area contributed by atoms with Crippen molar-refractivity contribution in [1.82, 2.24) is 5.32 Å². The molecular formula is C15H24FNO. The van der Waals surface area contributed by atoms with Gasteiger partial charge in [-0.05, 0) is 50.1 Å². The van der Waals surface area contributed by atoms with Crippen molar-refractivity contribution >= 4 is 0 Å². The Morgan fingerprint density at radius 1 is 1.33 bits per heavy atom. The zero-order valence-electron chi connectivity index (χ0n) is 12.0. The molecule has 0 aliphatic carbocycles. The lowest BCUT2D eigenvalue weighted by Crippen LogP contribution is -2.44. The molecule has 0 radical (unpaired) electrons. The first-order valence-corrected chi connectivity index (χ1v) is 6.53. The summed E-state index contributed by atoms with van der Waals surface area (Å²) < 4.78 is 19.0. The minimum absolute atomic E-state index is 0.0677. The summed E-state index contributed by atoms with van der Waals surface area (Å²) in [6.07, 6.45) is 1.81. The Morgan fingerprint density at radius 3 is 2.33 bits per heavy atom. The van der Waals surface area contributed by atoms with Gasteiger partial charge in [-0.1, -0.05) is 19.9 Å². The molecule has 0 amide bonds. The fraction of sp³-hybridized carbons (Fsp3) is 0.600. The van der Waals surface area contributed by atoms with Crippen LogP contribution >= 0.6 is 0 Å². The molecule has 0 aliphatic rings. The van der Waals surface area contributed by atoms with Crippen LogP contribution < -0.4 is 5.32 Å². The van der Waals surface area contributed by atoms with E-state index in [-0.39, 0.29) is 17.5 Å². The highest BCUT2D eigenvalue weighted by Gasteiger charge is 2.36. The molecule has 2 nitrogen and oxygen atoms in total. The molecule has 1 unspecified atom stereocenters. The van der Waals surface area contributed by atoms with Crippen molar-refractivity contribution < 1.29 is 9.13 Å². The van der Waals surface area contributed by atoms with E-state index in [1.165, 1.54) is 6.07 Å². The number of methoxy groups -OCH3 is 1. The van der Waals surface area contributed by atoms with E-state index in [9.17, 15) is 4.39 Å². The molecule has 0 fully saturated rings. The number of likely N-dealkylation sites (N-methyl/N-ethyl adjacent to an activating group) is 1. The van der Waals surface area contributed by atoms with Crippen LogP contribution in [0.4, 0.5) is 4.39 Å². The van der Waals surface area contributed by atoms with Gasteiger partial charge in [0, 0.05) is 7.11 Å². The highest BCUT2D eigenvalue weighted by molar-refractivity contribution is 5.31. The second-order valence-corrected chi connectivity index (χ2v) is 4.70. The highest BCUT2D eigenvalue weighted by atomic mass is 19.1. The molecule has 102 valence electrons.